The molecular weight excluding hydrogens is 263 g/mol. The molecule has 3 atom stereocenters. The summed E-state index contributed by atoms with van der Waals surface area (Å²) in [6, 6.07) is 8.09. The molecule has 1 aromatic carbocycles. The van der Waals surface area contributed by atoms with Crippen LogP contribution in [0, 0.1) is 11.7 Å². The second-order valence-electron chi connectivity index (χ2n) is 6.62. The summed E-state index contributed by atoms with van der Waals surface area (Å²) in [6.45, 7) is 2.38. The van der Waals surface area contributed by atoms with Gasteiger partial charge in [-0.25, -0.2) is 4.39 Å². The van der Waals surface area contributed by atoms with Crippen molar-refractivity contribution in [2.45, 2.75) is 50.6 Å². The van der Waals surface area contributed by atoms with Crippen LogP contribution in [0.2, 0.25) is 0 Å². The first-order chi connectivity index (χ1) is 10.3. The van der Waals surface area contributed by atoms with Gasteiger partial charge in [0.05, 0.1) is 0 Å². The van der Waals surface area contributed by atoms with Crippen LogP contribution < -0.4 is 5.32 Å². The Labute approximate surface area is 127 Å². The number of hydrogen-bond donors (Lipinski definition) is 1. The van der Waals surface area contributed by atoms with Crippen LogP contribution in [0.15, 0.2) is 24.3 Å². The van der Waals surface area contributed by atoms with Gasteiger partial charge in [-0.15, -0.1) is 0 Å². The van der Waals surface area contributed by atoms with Crippen molar-refractivity contribution in [2.75, 3.05) is 20.1 Å². The first kappa shape index (κ1) is 15.0. The first-order valence-electron chi connectivity index (χ1n) is 8.44. The lowest BCUT2D eigenvalue weighted by atomic mass is 9.91. The molecule has 3 rings (SSSR count). The van der Waals surface area contributed by atoms with Crippen LogP contribution >= 0.6 is 0 Å². The molecule has 1 saturated heterocycles. The SMILES string of the molecule is CNC(CCN1CCCC2CCCC21)c1cccc(F)c1. The fourth-order valence-electron chi connectivity index (χ4n) is 4.33. The number of nitrogens with one attached hydrogen (secondary N) is 1. The molecule has 1 N–H and O–H groups in total. The van der Waals surface area contributed by atoms with Crippen molar-refractivity contribution >= 4 is 0 Å². The van der Waals surface area contributed by atoms with E-state index in [2.05, 4.69) is 10.2 Å². The Bertz CT molecular complexity index is 462. The molecule has 3 heteroatoms. The van der Waals surface area contributed by atoms with Crippen LogP contribution in [0.4, 0.5) is 4.39 Å². The van der Waals surface area contributed by atoms with Crippen molar-refractivity contribution < 1.29 is 4.39 Å². The number of likely N-dealkylation sites (tertiary alicyclic amines) is 1. The van der Waals surface area contributed by atoms with Crippen LogP contribution in [-0.2, 0) is 0 Å². The normalized spacial score (nSPS) is 27.5. The summed E-state index contributed by atoms with van der Waals surface area (Å²) in [5.74, 6) is 0.808. The molecule has 1 aromatic rings. The van der Waals surface area contributed by atoms with Gasteiger partial charge in [0, 0.05) is 18.6 Å². The molecule has 1 saturated carbocycles. The van der Waals surface area contributed by atoms with Gasteiger partial charge in [0.2, 0.25) is 0 Å². The highest BCUT2D eigenvalue weighted by atomic mass is 19.1. The van der Waals surface area contributed by atoms with Gasteiger partial charge in [0.15, 0.2) is 0 Å². The lowest BCUT2D eigenvalue weighted by Crippen LogP contribution is -2.43. The lowest BCUT2D eigenvalue weighted by molar-refractivity contribution is 0.108. The van der Waals surface area contributed by atoms with E-state index in [9.17, 15) is 4.39 Å². The number of fused-ring (bicyclic) bond motifs is 1. The maximum absolute atomic E-state index is 13.4. The number of piperidine rings is 1. The molecule has 2 fully saturated rings. The zero-order valence-electron chi connectivity index (χ0n) is 13.0. The fourth-order valence-corrected chi connectivity index (χ4v) is 4.33. The summed E-state index contributed by atoms with van der Waals surface area (Å²) in [5.41, 5.74) is 1.07. The third kappa shape index (κ3) is 3.46. The summed E-state index contributed by atoms with van der Waals surface area (Å²) >= 11 is 0. The molecule has 0 aromatic heterocycles. The zero-order valence-corrected chi connectivity index (χ0v) is 13.0. The quantitative estimate of drug-likeness (QED) is 0.888. The fraction of sp³-hybridized carbons (Fsp3) is 0.667. The second kappa shape index (κ2) is 6.89. The Hall–Kier alpha value is -0.930. The Kier molecular flexibility index (Phi) is 4.91. The Morgan fingerprint density at radius 2 is 2.14 bits per heavy atom. The number of benzene rings is 1. The van der Waals surface area contributed by atoms with Crippen molar-refractivity contribution in [3.05, 3.63) is 35.6 Å². The smallest absolute Gasteiger partial charge is 0.123 e. The molecule has 116 valence electrons. The van der Waals surface area contributed by atoms with E-state index in [1.807, 2.05) is 19.2 Å². The molecule has 2 aliphatic rings. The van der Waals surface area contributed by atoms with Gasteiger partial charge in [-0.05, 0) is 69.3 Å². The van der Waals surface area contributed by atoms with Crippen molar-refractivity contribution in [1.29, 1.82) is 0 Å². The summed E-state index contributed by atoms with van der Waals surface area (Å²) in [7, 11) is 1.98. The van der Waals surface area contributed by atoms with Crippen LogP contribution in [0.1, 0.15) is 50.1 Å². The minimum atomic E-state index is -0.137. The third-order valence-electron chi connectivity index (χ3n) is 5.41. The third-order valence-corrected chi connectivity index (χ3v) is 5.41. The summed E-state index contributed by atoms with van der Waals surface area (Å²) in [4.78, 5) is 2.70. The van der Waals surface area contributed by atoms with E-state index in [1.165, 1.54) is 44.7 Å². The lowest BCUT2D eigenvalue weighted by Gasteiger charge is -2.38. The largest absolute Gasteiger partial charge is 0.313 e. The van der Waals surface area contributed by atoms with Crippen LogP contribution in [0.5, 0.6) is 0 Å². The highest BCUT2D eigenvalue weighted by Gasteiger charge is 2.34. The van der Waals surface area contributed by atoms with E-state index >= 15 is 0 Å². The molecule has 1 aliphatic carbocycles. The Morgan fingerprint density at radius 1 is 1.29 bits per heavy atom. The van der Waals surface area contributed by atoms with Crippen molar-refractivity contribution in [3.8, 4) is 0 Å². The number of nitrogens with zero attached hydrogens (tertiary/aromatic N) is 1. The number of halogens is 1. The summed E-state index contributed by atoms with van der Waals surface area (Å²) < 4.78 is 13.4. The maximum atomic E-state index is 13.4. The Balaban J connectivity index is 1.60. The molecule has 0 spiro atoms. The maximum Gasteiger partial charge on any atom is 0.123 e. The monoisotopic (exact) mass is 290 g/mol. The highest BCUT2D eigenvalue weighted by Crippen LogP contribution is 2.37. The molecule has 2 nitrogen and oxygen atoms in total. The van der Waals surface area contributed by atoms with Crippen LogP contribution in [-0.4, -0.2) is 31.1 Å². The highest BCUT2D eigenvalue weighted by molar-refractivity contribution is 5.20. The molecule has 1 heterocycles. The molecule has 0 amide bonds. The van der Waals surface area contributed by atoms with Crippen molar-refractivity contribution in [2.24, 2.45) is 5.92 Å². The first-order valence-corrected chi connectivity index (χ1v) is 8.44. The number of rotatable bonds is 5. The van der Waals surface area contributed by atoms with E-state index in [0.29, 0.717) is 0 Å². The minimum Gasteiger partial charge on any atom is -0.313 e. The molecular formula is C18H27FN2. The molecule has 3 unspecified atom stereocenters. The number of hydrogen-bond acceptors (Lipinski definition) is 2. The summed E-state index contributed by atoms with van der Waals surface area (Å²) in [6.07, 6.45) is 8.07. The van der Waals surface area contributed by atoms with E-state index in [-0.39, 0.29) is 11.9 Å². The second-order valence-corrected chi connectivity index (χ2v) is 6.62. The predicted molar refractivity (Wildman–Crippen MR) is 84.8 cm³/mol. The minimum absolute atomic E-state index is 0.137. The average molecular weight is 290 g/mol. The van der Waals surface area contributed by atoms with Gasteiger partial charge in [-0.1, -0.05) is 18.6 Å². The van der Waals surface area contributed by atoms with Crippen molar-refractivity contribution in [3.63, 3.8) is 0 Å². The zero-order chi connectivity index (χ0) is 14.7. The van der Waals surface area contributed by atoms with Gasteiger partial charge >= 0.3 is 0 Å². The van der Waals surface area contributed by atoms with Gasteiger partial charge in [-0.3, -0.25) is 0 Å². The van der Waals surface area contributed by atoms with Crippen LogP contribution in [0.25, 0.3) is 0 Å². The standard InChI is InChI=1S/C18H27FN2/c1-20-17(15-6-2-8-16(19)13-15)10-12-21-11-4-7-14-5-3-9-18(14)21/h2,6,8,13-14,17-18,20H,3-5,7,9-12H2,1H3. The van der Waals surface area contributed by atoms with E-state index in [1.54, 1.807) is 6.07 Å². The molecule has 0 radical (unpaired) electrons. The predicted octanol–water partition coefficient (Wildman–Crippen LogP) is 3.74. The van der Waals surface area contributed by atoms with Crippen LogP contribution in [0.3, 0.4) is 0 Å². The van der Waals surface area contributed by atoms with Gasteiger partial charge in [-0.2, -0.15) is 0 Å². The van der Waals surface area contributed by atoms with Gasteiger partial charge in [0.1, 0.15) is 5.82 Å². The van der Waals surface area contributed by atoms with Gasteiger partial charge in [0.25, 0.3) is 0 Å². The van der Waals surface area contributed by atoms with Gasteiger partial charge < -0.3 is 10.2 Å². The molecule has 0 bridgehead atoms. The molecule has 21 heavy (non-hydrogen) atoms. The van der Waals surface area contributed by atoms with E-state index in [0.717, 1.165) is 30.5 Å². The Morgan fingerprint density at radius 3 is 2.95 bits per heavy atom. The van der Waals surface area contributed by atoms with E-state index in [4.69, 9.17) is 0 Å². The summed E-state index contributed by atoms with van der Waals surface area (Å²) in [5, 5.41) is 3.35. The van der Waals surface area contributed by atoms with Crippen molar-refractivity contribution in [1.82, 2.24) is 10.2 Å². The average Bonchev–Trinajstić information content (AvgIpc) is 2.97. The topological polar surface area (TPSA) is 15.3 Å². The van der Waals surface area contributed by atoms with E-state index < -0.39 is 0 Å². The molecule has 1 aliphatic heterocycles.